The molecule has 1 N–H and O–H groups in total. The minimum absolute atomic E-state index is 0.299. The Labute approximate surface area is 116 Å². The monoisotopic (exact) mass is 281 g/mol. The van der Waals surface area contributed by atoms with Crippen molar-refractivity contribution in [2.75, 3.05) is 18.6 Å². The van der Waals surface area contributed by atoms with Gasteiger partial charge in [0.2, 0.25) is 0 Å². The first-order valence-electron chi connectivity index (χ1n) is 7.03. The molecule has 19 heavy (non-hydrogen) atoms. The molecule has 0 aromatic heterocycles. The molecule has 1 aromatic rings. The smallest absolute Gasteiger partial charge is 0.150 e. The minimum atomic E-state index is -2.87. The SMILES string of the molecule is CCCS(=O)(=O)CCC1Cc2ccccc2C1NC. The summed E-state index contributed by atoms with van der Waals surface area (Å²) in [5, 5.41) is 3.34. The van der Waals surface area contributed by atoms with Gasteiger partial charge in [-0.25, -0.2) is 8.42 Å². The zero-order valence-electron chi connectivity index (χ0n) is 11.7. The van der Waals surface area contributed by atoms with E-state index in [9.17, 15) is 8.42 Å². The Balaban J connectivity index is 2.04. The highest BCUT2D eigenvalue weighted by molar-refractivity contribution is 7.91. The molecule has 1 aliphatic carbocycles. The Hall–Kier alpha value is -0.870. The van der Waals surface area contributed by atoms with Gasteiger partial charge in [-0.3, -0.25) is 0 Å². The summed E-state index contributed by atoms with van der Waals surface area (Å²) in [7, 11) is -0.907. The number of benzene rings is 1. The largest absolute Gasteiger partial charge is 0.313 e. The molecular weight excluding hydrogens is 258 g/mol. The van der Waals surface area contributed by atoms with Crippen molar-refractivity contribution in [3.63, 3.8) is 0 Å². The van der Waals surface area contributed by atoms with E-state index < -0.39 is 9.84 Å². The van der Waals surface area contributed by atoms with Crippen molar-refractivity contribution >= 4 is 9.84 Å². The van der Waals surface area contributed by atoms with Crippen LogP contribution in [0.4, 0.5) is 0 Å². The Bertz CT molecular complexity index is 525. The van der Waals surface area contributed by atoms with Gasteiger partial charge >= 0.3 is 0 Å². The van der Waals surface area contributed by atoms with Crippen LogP contribution in [0.1, 0.15) is 36.9 Å². The van der Waals surface area contributed by atoms with Gasteiger partial charge < -0.3 is 5.32 Å². The zero-order valence-corrected chi connectivity index (χ0v) is 12.5. The van der Waals surface area contributed by atoms with E-state index in [4.69, 9.17) is 0 Å². The van der Waals surface area contributed by atoms with Crippen LogP contribution < -0.4 is 5.32 Å². The third-order valence-corrected chi connectivity index (χ3v) is 5.86. The predicted octanol–water partition coefficient (Wildman–Crippen LogP) is 2.33. The fourth-order valence-electron chi connectivity index (χ4n) is 3.08. The first-order chi connectivity index (χ1) is 9.07. The second kappa shape index (κ2) is 6.06. The van der Waals surface area contributed by atoms with Crippen molar-refractivity contribution in [3.05, 3.63) is 35.4 Å². The quantitative estimate of drug-likeness (QED) is 0.870. The molecule has 0 bridgehead atoms. The summed E-state index contributed by atoms with van der Waals surface area (Å²) in [6.07, 6.45) is 2.45. The number of rotatable bonds is 6. The van der Waals surface area contributed by atoms with Crippen molar-refractivity contribution in [1.82, 2.24) is 5.32 Å². The molecule has 3 nitrogen and oxygen atoms in total. The Morgan fingerprint density at radius 3 is 2.68 bits per heavy atom. The maximum atomic E-state index is 11.8. The molecule has 4 heteroatoms. The molecule has 0 saturated heterocycles. The van der Waals surface area contributed by atoms with E-state index in [2.05, 4.69) is 29.6 Å². The third kappa shape index (κ3) is 3.37. The van der Waals surface area contributed by atoms with E-state index in [1.54, 1.807) is 0 Å². The fraction of sp³-hybridized carbons (Fsp3) is 0.600. The molecule has 0 fully saturated rings. The van der Waals surface area contributed by atoms with Gasteiger partial charge in [0.25, 0.3) is 0 Å². The molecular formula is C15H23NO2S. The van der Waals surface area contributed by atoms with Crippen LogP contribution in [0.2, 0.25) is 0 Å². The predicted molar refractivity (Wildman–Crippen MR) is 79.0 cm³/mol. The molecule has 106 valence electrons. The van der Waals surface area contributed by atoms with E-state index in [0.29, 0.717) is 29.9 Å². The molecule has 1 aliphatic rings. The molecule has 2 unspecified atom stereocenters. The van der Waals surface area contributed by atoms with Gasteiger partial charge in [0.05, 0.1) is 5.75 Å². The van der Waals surface area contributed by atoms with Crippen molar-refractivity contribution in [3.8, 4) is 0 Å². The number of nitrogens with one attached hydrogen (secondary N) is 1. The molecule has 0 radical (unpaired) electrons. The van der Waals surface area contributed by atoms with E-state index >= 15 is 0 Å². The van der Waals surface area contributed by atoms with Gasteiger partial charge in [0.1, 0.15) is 9.84 Å². The topological polar surface area (TPSA) is 46.2 Å². The molecule has 0 saturated carbocycles. The van der Waals surface area contributed by atoms with Crippen molar-refractivity contribution in [1.29, 1.82) is 0 Å². The summed E-state index contributed by atoms with van der Waals surface area (Å²) in [6, 6.07) is 8.71. The summed E-state index contributed by atoms with van der Waals surface area (Å²) < 4.78 is 23.7. The molecule has 0 amide bonds. The van der Waals surface area contributed by atoms with Gasteiger partial charge in [0, 0.05) is 11.8 Å². The first-order valence-corrected chi connectivity index (χ1v) is 8.85. The average Bonchev–Trinajstić information content (AvgIpc) is 2.74. The van der Waals surface area contributed by atoms with Gasteiger partial charge in [-0.05, 0) is 43.4 Å². The van der Waals surface area contributed by atoms with Gasteiger partial charge in [0.15, 0.2) is 0 Å². The standard InChI is InChI=1S/C15H23NO2S/c1-3-9-19(17,18)10-8-13-11-12-6-4-5-7-14(12)15(13)16-2/h4-7,13,15-16H,3,8-11H2,1-2H3. The Morgan fingerprint density at radius 2 is 2.00 bits per heavy atom. The van der Waals surface area contributed by atoms with Crippen LogP contribution in [0.25, 0.3) is 0 Å². The van der Waals surface area contributed by atoms with Crippen molar-refractivity contribution < 1.29 is 8.42 Å². The zero-order chi connectivity index (χ0) is 13.9. The highest BCUT2D eigenvalue weighted by Crippen LogP contribution is 2.37. The third-order valence-electron chi connectivity index (χ3n) is 3.97. The molecule has 1 aromatic carbocycles. The molecule has 2 rings (SSSR count). The van der Waals surface area contributed by atoms with E-state index in [0.717, 1.165) is 12.8 Å². The molecule has 0 spiro atoms. The van der Waals surface area contributed by atoms with Crippen LogP contribution in [0, 0.1) is 5.92 Å². The number of hydrogen-bond acceptors (Lipinski definition) is 3. The molecule has 0 aliphatic heterocycles. The molecule has 2 atom stereocenters. The summed E-state index contributed by atoms with van der Waals surface area (Å²) in [4.78, 5) is 0. The minimum Gasteiger partial charge on any atom is -0.313 e. The van der Waals surface area contributed by atoms with Crippen LogP contribution in [0.5, 0.6) is 0 Å². The summed E-state index contributed by atoms with van der Waals surface area (Å²) in [5.41, 5.74) is 2.70. The summed E-state index contributed by atoms with van der Waals surface area (Å²) in [6.45, 7) is 1.92. The van der Waals surface area contributed by atoms with Gasteiger partial charge in [-0.15, -0.1) is 0 Å². The van der Waals surface area contributed by atoms with E-state index in [1.807, 2.05) is 14.0 Å². The highest BCUT2D eigenvalue weighted by Gasteiger charge is 2.31. The van der Waals surface area contributed by atoms with Gasteiger partial charge in [-0.1, -0.05) is 31.2 Å². The van der Waals surface area contributed by atoms with Crippen LogP contribution >= 0.6 is 0 Å². The lowest BCUT2D eigenvalue weighted by atomic mass is 9.98. The van der Waals surface area contributed by atoms with Crippen LogP contribution in [-0.4, -0.2) is 27.0 Å². The fourth-order valence-corrected chi connectivity index (χ4v) is 4.57. The van der Waals surface area contributed by atoms with E-state index in [1.165, 1.54) is 11.1 Å². The second-order valence-corrected chi connectivity index (χ2v) is 7.67. The lowest BCUT2D eigenvalue weighted by Crippen LogP contribution is -2.24. The normalized spacial score (nSPS) is 22.4. The number of fused-ring (bicyclic) bond motifs is 1. The van der Waals surface area contributed by atoms with Crippen LogP contribution in [0.3, 0.4) is 0 Å². The highest BCUT2D eigenvalue weighted by atomic mass is 32.2. The Kier molecular flexibility index (Phi) is 4.63. The number of sulfone groups is 1. The summed E-state index contributed by atoms with van der Waals surface area (Å²) >= 11 is 0. The van der Waals surface area contributed by atoms with Crippen molar-refractivity contribution in [2.45, 2.75) is 32.2 Å². The summed E-state index contributed by atoms with van der Waals surface area (Å²) in [5.74, 6) is 1.03. The Morgan fingerprint density at radius 1 is 1.26 bits per heavy atom. The maximum Gasteiger partial charge on any atom is 0.150 e. The van der Waals surface area contributed by atoms with E-state index in [-0.39, 0.29) is 0 Å². The maximum absolute atomic E-state index is 11.8. The lowest BCUT2D eigenvalue weighted by molar-refractivity contribution is 0.401. The van der Waals surface area contributed by atoms with Crippen LogP contribution in [0.15, 0.2) is 24.3 Å². The number of hydrogen-bond donors (Lipinski definition) is 1. The van der Waals surface area contributed by atoms with Crippen molar-refractivity contribution in [2.24, 2.45) is 5.92 Å². The van der Waals surface area contributed by atoms with Gasteiger partial charge in [-0.2, -0.15) is 0 Å². The lowest BCUT2D eigenvalue weighted by Gasteiger charge is -2.19. The first kappa shape index (κ1) is 14.5. The average molecular weight is 281 g/mol. The second-order valence-electron chi connectivity index (χ2n) is 5.37. The van der Waals surface area contributed by atoms with Crippen LogP contribution in [-0.2, 0) is 16.3 Å². The molecule has 0 heterocycles.